The zero-order valence-corrected chi connectivity index (χ0v) is 23.7. The Hall–Kier alpha value is -5.31. The summed E-state index contributed by atoms with van der Waals surface area (Å²) >= 11 is 0. The van der Waals surface area contributed by atoms with Crippen LogP contribution in [0.3, 0.4) is 0 Å². The average Bonchev–Trinajstić information content (AvgIpc) is 3.34. The lowest BCUT2D eigenvalue weighted by Crippen LogP contribution is -2.16. The minimum atomic E-state index is -0.487. The average molecular weight is 557 g/mol. The highest BCUT2D eigenvalue weighted by molar-refractivity contribution is 6.37. The fourth-order valence-corrected chi connectivity index (χ4v) is 4.68. The SMILES string of the molecule is Bc1ccccc1C(=O)c1ccc(N(c2ccc(C3=NOC(=O)C3C)cc2)c2ccc(/C(C)=N/OC(C)=O)cc2)cc1. The van der Waals surface area contributed by atoms with Crippen molar-refractivity contribution in [3.8, 4) is 0 Å². The highest BCUT2D eigenvalue weighted by Crippen LogP contribution is 2.35. The van der Waals surface area contributed by atoms with Crippen LogP contribution in [-0.2, 0) is 19.3 Å². The topological polar surface area (TPSA) is 97.6 Å². The van der Waals surface area contributed by atoms with E-state index in [1.807, 2.05) is 105 Å². The molecule has 0 saturated heterocycles. The first kappa shape index (κ1) is 28.2. The molecule has 0 aliphatic carbocycles. The molecule has 4 aromatic rings. The number of oxime groups is 2. The summed E-state index contributed by atoms with van der Waals surface area (Å²) in [5.41, 5.74) is 7.49. The van der Waals surface area contributed by atoms with E-state index in [1.165, 1.54) is 6.92 Å². The number of anilines is 3. The number of carbonyl (C=O) groups excluding carboxylic acids is 3. The van der Waals surface area contributed by atoms with Crippen LogP contribution in [0.2, 0.25) is 0 Å². The van der Waals surface area contributed by atoms with E-state index in [-0.39, 0.29) is 11.8 Å². The van der Waals surface area contributed by atoms with Gasteiger partial charge < -0.3 is 14.6 Å². The fourth-order valence-electron chi connectivity index (χ4n) is 4.68. The number of carbonyl (C=O) groups is 3. The molecule has 8 nitrogen and oxygen atoms in total. The number of hydrogen-bond donors (Lipinski definition) is 0. The third-order valence-corrected chi connectivity index (χ3v) is 7.05. The van der Waals surface area contributed by atoms with Crippen molar-refractivity contribution in [2.75, 3.05) is 4.90 Å². The van der Waals surface area contributed by atoms with Crippen molar-refractivity contribution >= 4 is 59.5 Å². The molecule has 9 heteroatoms. The summed E-state index contributed by atoms with van der Waals surface area (Å²) in [7, 11) is 1.93. The predicted octanol–water partition coefficient (Wildman–Crippen LogP) is 4.83. The molecule has 0 spiro atoms. The maximum Gasteiger partial charge on any atom is 0.343 e. The summed E-state index contributed by atoms with van der Waals surface area (Å²) in [6, 6.07) is 30.4. The molecule has 0 fully saturated rings. The summed E-state index contributed by atoms with van der Waals surface area (Å²) < 4.78 is 0. The molecular formula is C33H28BN3O5. The van der Waals surface area contributed by atoms with Gasteiger partial charge in [0, 0.05) is 40.7 Å². The minimum absolute atomic E-state index is 0.0364. The van der Waals surface area contributed by atoms with Crippen molar-refractivity contribution in [2.24, 2.45) is 16.2 Å². The van der Waals surface area contributed by atoms with Gasteiger partial charge in [0.15, 0.2) is 5.78 Å². The maximum atomic E-state index is 13.2. The molecular weight excluding hydrogens is 529 g/mol. The predicted molar refractivity (Wildman–Crippen MR) is 165 cm³/mol. The quantitative estimate of drug-likeness (QED) is 0.101. The summed E-state index contributed by atoms with van der Waals surface area (Å²) in [6.07, 6.45) is 0. The molecule has 208 valence electrons. The van der Waals surface area contributed by atoms with Gasteiger partial charge in [0.1, 0.15) is 19.5 Å². The lowest BCUT2D eigenvalue weighted by atomic mass is 9.87. The zero-order chi connectivity index (χ0) is 29.8. The van der Waals surface area contributed by atoms with Gasteiger partial charge in [-0.1, -0.05) is 64.3 Å². The van der Waals surface area contributed by atoms with Crippen LogP contribution in [0.15, 0.2) is 107 Å². The van der Waals surface area contributed by atoms with Crippen LogP contribution in [0.5, 0.6) is 0 Å². The highest BCUT2D eigenvalue weighted by Gasteiger charge is 2.29. The number of hydrogen-bond acceptors (Lipinski definition) is 8. The number of rotatable bonds is 8. The molecule has 0 saturated carbocycles. The Balaban J connectivity index is 1.50. The van der Waals surface area contributed by atoms with Crippen molar-refractivity contribution in [2.45, 2.75) is 20.8 Å². The van der Waals surface area contributed by atoms with Gasteiger partial charge in [-0.2, -0.15) is 0 Å². The molecule has 0 amide bonds. The first-order valence-electron chi connectivity index (χ1n) is 13.4. The van der Waals surface area contributed by atoms with E-state index in [4.69, 9.17) is 9.68 Å². The molecule has 4 aromatic carbocycles. The van der Waals surface area contributed by atoms with E-state index < -0.39 is 11.9 Å². The van der Waals surface area contributed by atoms with E-state index >= 15 is 0 Å². The Morgan fingerprint density at radius 3 is 1.90 bits per heavy atom. The first-order chi connectivity index (χ1) is 20.2. The first-order valence-corrected chi connectivity index (χ1v) is 13.4. The largest absolute Gasteiger partial charge is 0.343 e. The smallest absolute Gasteiger partial charge is 0.318 e. The second kappa shape index (κ2) is 12.1. The number of benzene rings is 4. The second-order valence-electron chi connectivity index (χ2n) is 9.99. The van der Waals surface area contributed by atoms with Crippen LogP contribution in [0.4, 0.5) is 17.1 Å². The van der Waals surface area contributed by atoms with Crippen molar-refractivity contribution in [3.63, 3.8) is 0 Å². The van der Waals surface area contributed by atoms with Crippen LogP contribution < -0.4 is 10.4 Å². The fraction of sp³-hybridized carbons (Fsp3) is 0.121. The summed E-state index contributed by atoms with van der Waals surface area (Å²) in [5.74, 6) is -1.33. The maximum absolute atomic E-state index is 13.2. The standard InChI is InChI=1S/C33H28BN3O5/c1-20-31(36-42-33(20)40)24-10-16-27(17-11-24)37(26-14-8-23(9-15-26)21(2)35-41-22(3)38)28-18-12-25(13-19-28)32(39)29-6-4-5-7-30(29)34/h4-20H,34H2,1-3H3/b35-21+. The van der Waals surface area contributed by atoms with Crippen molar-refractivity contribution in [3.05, 3.63) is 119 Å². The summed E-state index contributed by atoms with van der Waals surface area (Å²) in [5, 5.41) is 7.82. The molecule has 0 bridgehead atoms. The summed E-state index contributed by atoms with van der Waals surface area (Å²) in [6.45, 7) is 4.83. The third-order valence-electron chi connectivity index (χ3n) is 7.05. The third kappa shape index (κ3) is 5.90. The van der Waals surface area contributed by atoms with E-state index in [9.17, 15) is 14.4 Å². The van der Waals surface area contributed by atoms with Gasteiger partial charge in [-0.25, -0.2) is 9.59 Å². The van der Waals surface area contributed by atoms with Crippen LogP contribution in [0.1, 0.15) is 47.8 Å². The molecule has 0 aromatic heterocycles. The Kier molecular flexibility index (Phi) is 8.11. The van der Waals surface area contributed by atoms with Gasteiger partial charge in [0.2, 0.25) is 0 Å². The van der Waals surface area contributed by atoms with Crippen molar-refractivity contribution < 1.29 is 24.1 Å². The van der Waals surface area contributed by atoms with E-state index in [2.05, 4.69) is 15.2 Å². The van der Waals surface area contributed by atoms with Crippen molar-refractivity contribution in [1.29, 1.82) is 0 Å². The van der Waals surface area contributed by atoms with Gasteiger partial charge >= 0.3 is 11.9 Å². The molecule has 0 N–H and O–H groups in total. The van der Waals surface area contributed by atoms with Crippen molar-refractivity contribution in [1.82, 2.24) is 0 Å². The van der Waals surface area contributed by atoms with Crippen LogP contribution in [0, 0.1) is 5.92 Å². The lowest BCUT2D eigenvalue weighted by Gasteiger charge is -2.26. The molecule has 1 heterocycles. The molecule has 42 heavy (non-hydrogen) atoms. The Morgan fingerprint density at radius 2 is 1.38 bits per heavy atom. The molecule has 0 radical (unpaired) electrons. The van der Waals surface area contributed by atoms with E-state index in [1.54, 1.807) is 13.8 Å². The lowest BCUT2D eigenvalue weighted by molar-refractivity contribution is -0.143. The Morgan fingerprint density at radius 1 is 0.833 bits per heavy atom. The molecule has 1 aliphatic rings. The minimum Gasteiger partial charge on any atom is -0.318 e. The van der Waals surface area contributed by atoms with E-state index in [0.717, 1.165) is 33.7 Å². The molecule has 1 aliphatic heterocycles. The Bertz CT molecular complexity index is 1710. The van der Waals surface area contributed by atoms with Gasteiger partial charge in [-0.15, -0.1) is 0 Å². The molecule has 5 rings (SSSR count). The monoisotopic (exact) mass is 557 g/mol. The Labute approximate surface area is 244 Å². The molecule has 1 atom stereocenters. The van der Waals surface area contributed by atoms with Crippen LogP contribution in [-0.4, -0.2) is 37.0 Å². The highest BCUT2D eigenvalue weighted by atomic mass is 16.7. The second-order valence-corrected chi connectivity index (χ2v) is 9.99. The van der Waals surface area contributed by atoms with Crippen LogP contribution in [0.25, 0.3) is 0 Å². The number of ketones is 1. The van der Waals surface area contributed by atoms with Gasteiger partial charge in [0.05, 0.1) is 5.71 Å². The molecule has 1 unspecified atom stereocenters. The van der Waals surface area contributed by atoms with E-state index in [0.29, 0.717) is 22.6 Å². The zero-order valence-electron chi connectivity index (χ0n) is 23.7. The van der Waals surface area contributed by atoms with Gasteiger partial charge in [-0.3, -0.25) is 4.79 Å². The van der Waals surface area contributed by atoms with Gasteiger partial charge in [-0.05, 0) is 67.9 Å². The summed E-state index contributed by atoms with van der Waals surface area (Å²) in [4.78, 5) is 47.9. The van der Waals surface area contributed by atoms with Gasteiger partial charge in [0.25, 0.3) is 0 Å². The van der Waals surface area contributed by atoms with Crippen LogP contribution >= 0.6 is 0 Å². The normalized spacial score (nSPS) is 14.6. The number of nitrogens with zero attached hydrogens (tertiary/aromatic N) is 3.